The Labute approximate surface area is 112 Å². The maximum Gasteiger partial charge on any atom is 0.240 e. The highest BCUT2D eigenvalue weighted by Gasteiger charge is 2.34. The smallest absolute Gasteiger partial charge is 0.240 e. The fourth-order valence-electron chi connectivity index (χ4n) is 2.04. The second-order valence-corrected chi connectivity index (χ2v) is 6.77. The van der Waals surface area contributed by atoms with Crippen molar-refractivity contribution >= 4 is 23.4 Å². The van der Waals surface area contributed by atoms with Crippen molar-refractivity contribution in [2.45, 2.75) is 42.8 Å². The van der Waals surface area contributed by atoms with Crippen molar-refractivity contribution in [3.05, 3.63) is 23.8 Å². The molecule has 1 amide bonds. The van der Waals surface area contributed by atoms with Crippen molar-refractivity contribution in [1.82, 2.24) is 0 Å². The van der Waals surface area contributed by atoms with Gasteiger partial charge in [-0.1, -0.05) is 13.0 Å². The van der Waals surface area contributed by atoms with Crippen LogP contribution in [-0.4, -0.2) is 22.4 Å². The summed E-state index contributed by atoms with van der Waals surface area (Å²) >= 11 is 1.58. The number of fused-ring (bicyclic) bond motifs is 1. The van der Waals surface area contributed by atoms with Crippen LogP contribution in [0.2, 0.25) is 0 Å². The third kappa shape index (κ3) is 2.40. The van der Waals surface area contributed by atoms with E-state index in [2.05, 4.69) is 18.3 Å². The molecular weight excluding hydrogens is 246 g/mol. The molecule has 0 saturated heterocycles. The fraction of sp³-hybridized carbons (Fsp3) is 0.500. The first-order chi connectivity index (χ1) is 8.47. The number of aliphatic hydroxyl groups excluding tert-OH is 1. The summed E-state index contributed by atoms with van der Waals surface area (Å²) in [5.41, 5.74) is 2.01. The number of thioether (sulfide) groups is 1. The molecule has 1 aromatic carbocycles. The Hall–Kier alpha value is -1.00. The molecule has 0 bridgehead atoms. The van der Waals surface area contributed by atoms with E-state index in [9.17, 15) is 9.90 Å². The number of benzene rings is 1. The molecular formula is C14H19NO2S. The molecule has 0 spiro atoms. The minimum atomic E-state index is -0.438. The maximum atomic E-state index is 11.8. The minimum Gasteiger partial charge on any atom is -0.396 e. The largest absolute Gasteiger partial charge is 0.396 e. The van der Waals surface area contributed by atoms with Crippen molar-refractivity contribution < 1.29 is 9.90 Å². The summed E-state index contributed by atoms with van der Waals surface area (Å²) in [6, 6.07) is 6.01. The normalized spacial score (nSPS) is 19.0. The van der Waals surface area contributed by atoms with Gasteiger partial charge in [0.25, 0.3) is 0 Å². The van der Waals surface area contributed by atoms with Crippen LogP contribution < -0.4 is 5.32 Å². The molecule has 0 aliphatic carbocycles. The standard InChI is InChI=1S/C14H19NO2S/c1-4-9(8-16)10-5-6-11-12(7-10)18-14(2,3)13(17)15-11/h5-7,9,16H,4,8H2,1-3H3,(H,15,17). The summed E-state index contributed by atoms with van der Waals surface area (Å²) in [4.78, 5) is 12.9. The second-order valence-electron chi connectivity index (χ2n) is 5.11. The van der Waals surface area contributed by atoms with Crippen molar-refractivity contribution in [3.8, 4) is 0 Å². The van der Waals surface area contributed by atoms with E-state index in [1.54, 1.807) is 11.8 Å². The highest BCUT2D eigenvalue weighted by molar-refractivity contribution is 8.01. The van der Waals surface area contributed by atoms with Crippen LogP contribution in [0.15, 0.2) is 23.1 Å². The molecule has 1 aliphatic heterocycles. The number of nitrogens with one attached hydrogen (secondary N) is 1. The molecule has 0 radical (unpaired) electrons. The van der Waals surface area contributed by atoms with Crippen molar-refractivity contribution in [3.63, 3.8) is 0 Å². The molecule has 1 unspecified atom stereocenters. The van der Waals surface area contributed by atoms with E-state index >= 15 is 0 Å². The van der Waals surface area contributed by atoms with Crippen molar-refractivity contribution in [2.75, 3.05) is 11.9 Å². The molecule has 0 fully saturated rings. The van der Waals surface area contributed by atoms with Gasteiger partial charge in [0.1, 0.15) is 0 Å². The van der Waals surface area contributed by atoms with Gasteiger partial charge in [-0.05, 0) is 38.0 Å². The third-order valence-electron chi connectivity index (χ3n) is 3.35. The van der Waals surface area contributed by atoms with Gasteiger partial charge in [0.2, 0.25) is 5.91 Å². The molecule has 4 heteroatoms. The summed E-state index contributed by atoms with van der Waals surface area (Å²) in [6.07, 6.45) is 0.912. The van der Waals surface area contributed by atoms with E-state index in [0.717, 1.165) is 22.6 Å². The average molecular weight is 265 g/mol. The molecule has 0 aromatic heterocycles. The van der Waals surface area contributed by atoms with Crippen LogP contribution in [0.25, 0.3) is 0 Å². The van der Waals surface area contributed by atoms with Crippen LogP contribution in [0.4, 0.5) is 5.69 Å². The van der Waals surface area contributed by atoms with Crippen LogP contribution in [0, 0.1) is 0 Å². The lowest BCUT2D eigenvalue weighted by molar-refractivity contribution is -0.117. The summed E-state index contributed by atoms with van der Waals surface area (Å²) in [5, 5.41) is 12.3. The van der Waals surface area contributed by atoms with E-state index in [1.165, 1.54) is 0 Å². The first kappa shape index (κ1) is 13.4. The van der Waals surface area contributed by atoms with Crippen LogP contribution >= 0.6 is 11.8 Å². The summed E-state index contributed by atoms with van der Waals surface area (Å²) in [5.74, 6) is 0.221. The van der Waals surface area contributed by atoms with Crippen molar-refractivity contribution in [1.29, 1.82) is 0 Å². The number of rotatable bonds is 3. The van der Waals surface area contributed by atoms with Crippen LogP contribution in [-0.2, 0) is 4.79 Å². The number of carbonyl (C=O) groups excluding carboxylic acids is 1. The second kappa shape index (κ2) is 4.94. The lowest BCUT2D eigenvalue weighted by atomic mass is 9.97. The van der Waals surface area contributed by atoms with Gasteiger partial charge in [0.05, 0.1) is 10.4 Å². The lowest BCUT2D eigenvalue weighted by Gasteiger charge is -2.30. The van der Waals surface area contributed by atoms with Gasteiger partial charge in [0.15, 0.2) is 0 Å². The zero-order chi connectivity index (χ0) is 13.3. The Morgan fingerprint density at radius 2 is 2.17 bits per heavy atom. The summed E-state index contributed by atoms with van der Waals surface area (Å²) in [7, 11) is 0. The molecule has 1 aromatic rings. The molecule has 18 heavy (non-hydrogen) atoms. The van der Waals surface area contributed by atoms with E-state index in [0.29, 0.717) is 0 Å². The number of amides is 1. The predicted octanol–water partition coefficient (Wildman–Crippen LogP) is 3.00. The number of hydrogen-bond donors (Lipinski definition) is 2. The molecule has 3 nitrogen and oxygen atoms in total. The first-order valence-corrected chi connectivity index (χ1v) is 7.05. The van der Waals surface area contributed by atoms with Crippen LogP contribution in [0.1, 0.15) is 38.7 Å². The Morgan fingerprint density at radius 3 is 2.78 bits per heavy atom. The van der Waals surface area contributed by atoms with Gasteiger partial charge in [-0.3, -0.25) is 4.79 Å². The van der Waals surface area contributed by atoms with Gasteiger partial charge < -0.3 is 10.4 Å². The minimum absolute atomic E-state index is 0.0435. The predicted molar refractivity (Wildman–Crippen MR) is 75.1 cm³/mol. The number of hydrogen-bond acceptors (Lipinski definition) is 3. The van der Waals surface area contributed by atoms with Crippen LogP contribution in [0.5, 0.6) is 0 Å². The average Bonchev–Trinajstić information content (AvgIpc) is 2.32. The topological polar surface area (TPSA) is 49.3 Å². The van der Waals surface area contributed by atoms with Crippen molar-refractivity contribution in [2.24, 2.45) is 0 Å². The maximum absolute atomic E-state index is 11.8. The third-order valence-corrected chi connectivity index (χ3v) is 4.60. The van der Waals surface area contributed by atoms with E-state index in [1.807, 2.05) is 26.0 Å². The monoisotopic (exact) mass is 265 g/mol. The van der Waals surface area contributed by atoms with Gasteiger partial charge >= 0.3 is 0 Å². The molecule has 1 heterocycles. The Morgan fingerprint density at radius 1 is 1.44 bits per heavy atom. The number of aliphatic hydroxyl groups is 1. The van der Waals surface area contributed by atoms with Gasteiger partial charge in [0, 0.05) is 17.4 Å². The summed E-state index contributed by atoms with van der Waals surface area (Å²) in [6.45, 7) is 6.08. The quantitative estimate of drug-likeness (QED) is 0.883. The molecule has 1 atom stereocenters. The molecule has 2 N–H and O–H groups in total. The number of carbonyl (C=O) groups is 1. The van der Waals surface area contributed by atoms with Gasteiger partial charge in [-0.25, -0.2) is 0 Å². The lowest BCUT2D eigenvalue weighted by Crippen LogP contribution is -2.37. The highest BCUT2D eigenvalue weighted by Crippen LogP contribution is 2.43. The Bertz CT molecular complexity index is 467. The molecule has 98 valence electrons. The zero-order valence-corrected chi connectivity index (χ0v) is 11.8. The van der Waals surface area contributed by atoms with E-state index < -0.39 is 4.75 Å². The van der Waals surface area contributed by atoms with Crippen LogP contribution in [0.3, 0.4) is 0 Å². The Kier molecular flexibility index (Phi) is 3.69. The molecule has 1 aliphatic rings. The zero-order valence-electron chi connectivity index (χ0n) is 11.0. The van der Waals surface area contributed by atoms with Gasteiger partial charge in [-0.15, -0.1) is 11.8 Å². The SMILES string of the molecule is CCC(CO)c1ccc2c(c1)SC(C)(C)C(=O)N2. The fourth-order valence-corrected chi connectivity index (χ4v) is 3.16. The number of anilines is 1. The summed E-state index contributed by atoms with van der Waals surface area (Å²) < 4.78 is -0.438. The first-order valence-electron chi connectivity index (χ1n) is 6.23. The Balaban J connectivity index is 2.36. The molecule has 0 saturated carbocycles. The van der Waals surface area contributed by atoms with E-state index in [-0.39, 0.29) is 18.4 Å². The molecule has 2 rings (SSSR count). The van der Waals surface area contributed by atoms with Gasteiger partial charge in [-0.2, -0.15) is 0 Å². The van der Waals surface area contributed by atoms with E-state index in [4.69, 9.17) is 0 Å². The highest BCUT2D eigenvalue weighted by atomic mass is 32.2.